The number of benzene rings is 2. The van der Waals surface area contributed by atoms with Gasteiger partial charge in [0.2, 0.25) is 5.78 Å². The van der Waals surface area contributed by atoms with Crippen LogP contribution in [0.1, 0.15) is 27.2 Å². The Labute approximate surface area is 142 Å². The first-order chi connectivity index (χ1) is 11.6. The van der Waals surface area contributed by atoms with E-state index in [-0.39, 0.29) is 5.78 Å². The van der Waals surface area contributed by atoms with E-state index in [9.17, 15) is 4.79 Å². The highest BCUT2D eigenvalue weighted by molar-refractivity contribution is 6.10. The minimum absolute atomic E-state index is 0.263. The quantitative estimate of drug-likeness (QED) is 0.737. The minimum atomic E-state index is 0.263. The summed E-state index contributed by atoms with van der Waals surface area (Å²) in [4.78, 5) is 14.4. The standard InChI is InChI=1S/C21H22N2O/c1-15-21(18-9-5-6-10-19(18)22(15)2)20(24)14-23-12-11-16-7-3-4-8-17(16)13-23/h3-10H,11-14H2,1-2H3/p+1. The molecule has 0 saturated carbocycles. The van der Waals surface area contributed by atoms with E-state index in [1.807, 2.05) is 26.1 Å². The van der Waals surface area contributed by atoms with Crippen molar-refractivity contribution >= 4 is 16.7 Å². The number of aryl methyl sites for hydroxylation is 1. The lowest BCUT2D eigenvalue weighted by molar-refractivity contribution is -0.907. The second kappa shape index (κ2) is 5.91. The molecule has 3 aromatic rings. The van der Waals surface area contributed by atoms with E-state index in [4.69, 9.17) is 0 Å². The third kappa shape index (κ3) is 2.45. The van der Waals surface area contributed by atoms with E-state index in [2.05, 4.69) is 41.0 Å². The summed E-state index contributed by atoms with van der Waals surface area (Å²) in [6.45, 7) is 4.61. The molecule has 4 rings (SSSR count). The molecule has 0 spiro atoms. The van der Waals surface area contributed by atoms with Gasteiger partial charge in [-0.1, -0.05) is 42.5 Å². The smallest absolute Gasteiger partial charge is 0.219 e. The van der Waals surface area contributed by atoms with Crippen molar-refractivity contribution < 1.29 is 9.69 Å². The van der Waals surface area contributed by atoms with Crippen molar-refractivity contribution in [2.45, 2.75) is 19.9 Å². The van der Waals surface area contributed by atoms with Gasteiger partial charge in [0, 0.05) is 35.6 Å². The number of para-hydroxylation sites is 1. The van der Waals surface area contributed by atoms with Gasteiger partial charge in [0.1, 0.15) is 13.1 Å². The van der Waals surface area contributed by atoms with Crippen molar-refractivity contribution in [3.05, 3.63) is 70.9 Å². The number of rotatable bonds is 3. The van der Waals surface area contributed by atoms with Gasteiger partial charge < -0.3 is 9.47 Å². The number of quaternary nitrogens is 1. The Balaban J connectivity index is 1.61. The van der Waals surface area contributed by atoms with Gasteiger partial charge in [-0.15, -0.1) is 0 Å². The van der Waals surface area contributed by atoms with Crippen LogP contribution in [0.2, 0.25) is 0 Å². The molecule has 2 aromatic carbocycles. The number of fused-ring (bicyclic) bond motifs is 2. The van der Waals surface area contributed by atoms with Crippen molar-refractivity contribution in [1.82, 2.24) is 4.57 Å². The van der Waals surface area contributed by atoms with Crippen LogP contribution in [0, 0.1) is 6.92 Å². The Morgan fingerprint density at radius 3 is 2.62 bits per heavy atom. The van der Waals surface area contributed by atoms with Crippen LogP contribution in [-0.2, 0) is 20.0 Å². The average molecular weight is 319 g/mol. The first-order valence-corrected chi connectivity index (χ1v) is 8.62. The molecule has 0 radical (unpaired) electrons. The monoisotopic (exact) mass is 319 g/mol. The van der Waals surface area contributed by atoms with Gasteiger partial charge in [0.15, 0.2) is 0 Å². The van der Waals surface area contributed by atoms with Gasteiger partial charge in [-0.05, 0) is 18.6 Å². The van der Waals surface area contributed by atoms with Crippen molar-refractivity contribution in [1.29, 1.82) is 0 Å². The second-order valence-electron chi connectivity index (χ2n) is 6.83. The highest BCUT2D eigenvalue weighted by Gasteiger charge is 2.25. The molecule has 1 aliphatic heterocycles. The summed E-state index contributed by atoms with van der Waals surface area (Å²) in [5.41, 5.74) is 5.94. The van der Waals surface area contributed by atoms with Gasteiger partial charge in [0.05, 0.1) is 12.1 Å². The number of nitrogens with one attached hydrogen (secondary N) is 1. The number of hydrogen-bond donors (Lipinski definition) is 1. The Kier molecular flexibility index (Phi) is 3.73. The van der Waals surface area contributed by atoms with E-state index in [1.54, 1.807) is 0 Å². The number of aromatic nitrogens is 1. The SMILES string of the molecule is Cc1c(C(=O)C[NH+]2CCc3ccccc3C2)c2ccccc2n1C. The number of carbonyl (C=O) groups excluding carboxylic acids is 1. The Hall–Kier alpha value is -2.39. The molecule has 0 aliphatic carbocycles. The maximum atomic E-state index is 13.0. The molecule has 0 saturated heterocycles. The normalized spacial score (nSPS) is 17.0. The minimum Gasteiger partial charge on any atom is -0.347 e. The maximum Gasteiger partial charge on any atom is 0.219 e. The van der Waals surface area contributed by atoms with Gasteiger partial charge in [-0.25, -0.2) is 0 Å². The molecule has 0 bridgehead atoms. The average Bonchev–Trinajstić information content (AvgIpc) is 2.86. The second-order valence-corrected chi connectivity index (χ2v) is 6.83. The van der Waals surface area contributed by atoms with Crippen molar-refractivity contribution in [2.75, 3.05) is 13.1 Å². The van der Waals surface area contributed by atoms with Crippen LogP contribution in [0.4, 0.5) is 0 Å². The Morgan fingerprint density at radius 1 is 1.08 bits per heavy atom. The summed E-state index contributed by atoms with van der Waals surface area (Å²) >= 11 is 0. The molecule has 0 amide bonds. The molecule has 1 atom stereocenters. The maximum absolute atomic E-state index is 13.0. The lowest BCUT2D eigenvalue weighted by atomic mass is 9.99. The predicted molar refractivity (Wildman–Crippen MR) is 96.5 cm³/mol. The number of ketones is 1. The van der Waals surface area contributed by atoms with Crippen molar-refractivity contribution in [3.63, 3.8) is 0 Å². The van der Waals surface area contributed by atoms with Gasteiger partial charge >= 0.3 is 0 Å². The zero-order chi connectivity index (χ0) is 16.7. The molecular formula is C21H23N2O+. The van der Waals surface area contributed by atoms with E-state index in [0.29, 0.717) is 6.54 Å². The van der Waals surface area contributed by atoms with Crippen LogP contribution in [-0.4, -0.2) is 23.4 Å². The molecule has 3 nitrogen and oxygen atoms in total. The summed E-state index contributed by atoms with van der Waals surface area (Å²) in [7, 11) is 2.04. The molecule has 2 heterocycles. The van der Waals surface area contributed by atoms with Crippen LogP contribution in [0.15, 0.2) is 48.5 Å². The topological polar surface area (TPSA) is 26.4 Å². The number of carbonyl (C=O) groups is 1. The molecule has 1 N–H and O–H groups in total. The highest BCUT2D eigenvalue weighted by Crippen LogP contribution is 2.24. The van der Waals surface area contributed by atoms with Crippen molar-refractivity contribution in [2.24, 2.45) is 7.05 Å². The van der Waals surface area contributed by atoms with Gasteiger partial charge in [-0.2, -0.15) is 0 Å². The van der Waals surface area contributed by atoms with Gasteiger partial charge in [-0.3, -0.25) is 4.79 Å². The lowest BCUT2D eigenvalue weighted by Gasteiger charge is -2.25. The molecule has 122 valence electrons. The van der Waals surface area contributed by atoms with E-state index >= 15 is 0 Å². The van der Waals surface area contributed by atoms with E-state index in [1.165, 1.54) is 16.0 Å². The summed E-state index contributed by atoms with van der Waals surface area (Å²) in [5, 5.41) is 1.08. The number of hydrogen-bond acceptors (Lipinski definition) is 1. The first kappa shape index (κ1) is 15.2. The third-order valence-electron chi connectivity index (χ3n) is 5.40. The third-order valence-corrected chi connectivity index (χ3v) is 5.40. The summed E-state index contributed by atoms with van der Waals surface area (Å²) in [6.07, 6.45) is 1.06. The van der Waals surface area contributed by atoms with E-state index in [0.717, 1.165) is 41.7 Å². The number of nitrogens with zero attached hydrogens (tertiary/aromatic N) is 1. The summed E-state index contributed by atoms with van der Waals surface area (Å²) < 4.78 is 2.13. The molecule has 24 heavy (non-hydrogen) atoms. The van der Waals surface area contributed by atoms with Crippen LogP contribution in [0.25, 0.3) is 10.9 Å². The first-order valence-electron chi connectivity index (χ1n) is 8.62. The van der Waals surface area contributed by atoms with Gasteiger partial charge in [0.25, 0.3) is 0 Å². The molecule has 1 unspecified atom stereocenters. The largest absolute Gasteiger partial charge is 0.347 e. The van der Waals surface area contributed by atoms with Crippen molar-refractivity contribution in [3.8, 4) is 0 Å². The van der Waals surface area contributed by atoms with Crippen LogP contribution >= 0.6 is 0 Å². The molecule has 3 heteroatoms. The fourth-order valence-corrected chi connectivity index (χ4v) is 3.98. The zero-order valence-electron chi connectivity index (χ0n) is 14.3. The molecule has 1 aromatic heterocycles. The highest BCUT2D eigenvalue weighted by atomic mass is 16.1. The fraction of sp³-hybridized carbons (Fsp3) is 0.286. The van der Waals surface area contributed by atoms with Crippen LogP contribution in [0.3, 0.4) is 0 Å². The summed E-state index contributed by atoms with van der Waals surface area (Å²) in [6, 6.07) is 16.8. The number of Topliss-reactive ketones (excluding diaryl/α,β-unsaturated/α-hetero) is 1. The Bertz CT molecular complexity index is 923. The van der Waals surface area contributed by atoms with E-state index < -0.39 is 0 Å². The van der Waals surface area contributed by atoms with Crippen LogP contribution < -0.4 is 4.90 Å². The Morgan fingerprint density at radius 2 is 1.79 bits per heavy atom. The fourth-order valence-electron chi connectivity index (χ4n) is 3.98. The van der Waals surface area contributed by atoms with Crippen LogP contribution in [0.5, 0.6) is 0 Å². The summed E-state index contributed by atoms with van der Waals surface area (Å²) in [5.74, 6) is 0.263. The molecule has 0 fully saturated rings. The lowest BCUT2D eigenvalue weighted by Crippen LogP contribution is -3.12. The predicted octanol–water partition coefficient (Wildman–Crippen LogP) is 2.31. The molecule has 1 aliphatic rings. The molecular weight excluding hydrogens is 296 g/mol. The zero-order valence-corrected chi connectivity index (χ0v) is 14.3.